The molecule has 3 rings (SSSR count). The van der Waals surface area contributed by atoms with Crippen molar-refractivity contribution in [3.05, 3.63) is 83.9 Å². The number of hydrogen-bond donors (Lipinski definition) is 2. The van der Waals surface area contributed by atoms with Crippen LogP contribution in [0.5, 0.6) is 11.5 Å². The van der Waals surface area contributed by atoms with E-state index in [9.17, 15) is 9.36 Å². The molecule has 43 heavy (non-hydrogen) atoms. The molecule has 0 spiro atoms. The van der Waals surface area contributed by atoms with Crippen LogP contribution in [-0.4, -0.2) is 28.5 Å². The number of carbonyl (C=O) groups is 1. The van der Waals surface area contributed by atoms with E-state index in [1.165, 1.54) is 37.7 Å². The summed E-state index contributed by atoms with van der Waals surface area (Å²) >= 11 is 0. The summed E-state index contributed by atoms with van der Waals surface area (Å²) in [6, 6.07) is 23.4. The molecular weight excluding hydrogens is 559 g/mol. The zero-order valence-corrected chi connectivity index (χ0v) is 26.6. The summed E-state index contributed by atoms with van der Waals surface area (Å²) in [5.74, 6) is 0.859. The van der Waals surface area contributed by atoms with Gasteiger partial charge in [0.05, 0.1) is 12.2 Å². The van der Waals surface area contributed by atoms with Crippen LogP contribution in [0.3, 0.4) is 0 Å². The molecule has 7 heteroatoms. The van der Waals surface area contributed by atoms with Crippen LogP contribution in [0.1, 0.15) is 106 Å². The van der Waals surface area contributed by atoms with Crippen molar-refractivity contribution in [1.29, 1.82) is 0 Å². The van der Waals surface area contributed by atoms with Crippen molar-refractivity contribution in [1.82, 2.24) is 0 Å². The van der Waals surface area contributed by atoms with Crippen molar-refractivity contribution in [3.8, 4) is 22.6 Å². The fourth-order valence-electron chi connectivity index (χ4n) is 5.04. The fraction of sp³-hybridized carbons (Fsp3) is 0.472. The van der Waals surface area contributed by atoms with Gasteiger partial charge in [-0.3, -0.25) is 4.57 Å². The van der Waals surface area contributed by atoms with Gasteiger partial charge in [-0.2, -0.15) is 0 Å². The van der Waals surface area contributed by atoms with Crippen LogP contribution in [0.2, 0.25) is 0 Å². The Labute approximate surface area is 258 Å². The molecule has 0 atom stereocenters. The molecule has 0 bridgehead atoms. The molecule has 0 saturated carbocycles. The Morgan fingerprint density at radius 1 is 0.628 bits per heavy atom. The molecule has 0 aliphatic rings. The van der Waals surface area contributed by atoms with Crippen LogP contribution < -0.4 is 9.47 Å². The third kappa shape index (κ3) is 14.4. The van der Waals surface area contributed by atoms with Gasteiger partial charge in [-0.05, 0) is 78.8 Å². The average Bonchev–Trinajstić information content (AvgIpc) is 3.00. The summed E-state index contributed by atoms with van der Waals surface area (Å²) < 4.78 is 22.3. The van der Waals surface area contributed by atoms with Gasteiger partial charge in [0.15, 0.2) is 0 Å². The lowest BCUT2D eigenvalue weighted by Crippen LogP contribution is -2.08. The molecule has 0 radical (unpaired) electrons. The van der Waals surface area contributed by atoms with Gasteiger partial charge in [0.1, 0.15) is 11.5 Å². The monoisotopic (exact) mass is 608 g/mol. The van der Waals surface area contributed by atoms with Gasteiger partial charge < -0.3 is 19.3 Å². The molecule has 0 amide bonds. The molecule has 2 N–H and O–H groups in total. The highest BCUT2D eigenvalue weighted by Crippen LogP contribution is 2.35. The standard InChI is InChI=1S/C36H49O6P/c1-2-3-4-12-15-30-16-18-31(19-17-30)32-20-26-35(27-21-32)42-36(37)33-22-24-34(25-23-33)41-28-13-10-8-6-5-7-9-11-14-29-43(38,39)40/h16-27H,2-15,28-29H2,1H3,(H2,38,39,40). The lowest BCUT2D eigenvalue weighted by atomic mass is 10.0. The van der Waals surface area contributed by atoms with E-state index in [1.54, 1.807) is 24.3 Å². The molecule has 0 fully saturated rings. The van der Waals surface area contributed by atoms with Crippen LogP contribution in [0.15, 0.2) is 72.8 Å². The van der Waals surface area contributed by atoms with Gasteiger partial charge in [0.2, 0.25) is 0 Å². The minimum absolute atomic E-state index is 0.00374. The molecule has 234 valence electrons. The predicted molar refractivity (Wildman–Crippen MR) is 175 cm³/mol. The Balaban J connectivity index is 1.29. The van der Waals surface area contributed by atoms with Gasteiger partial charge >= 0.3 is 13.6 Å². The molecular formula is C36H49O6P. The van der Waals surface area contributed by atoms with Crippen LogP contribution in [0.25, 0.3) is 11.1 Å². The Kier molecular flexibility index (Phi) is 15.6. The van der Waals surface area contributed by atoms with E-state index in [4.69, 9.17) is 19.3 Å². The summed E-state index contributed by atoms with van der Waals surface area (Å²) in [5, 5.41) is 0. The van der Waals surface area contributed by atoms with E-state index in [-0.39, 0.29) is 6.16 Å². The maximum atomic E-state index is 12.6. The van der Waals surface area contributed by atoms with Gasteiger partial charge in [-0.25, -0.2) is 4.79 Å². The largest absolute Gasteiger partial charge is 0.494 e. The van der Waals surface area contributed by atoms with Gasteiger partial charge in [-0.15, -0.1) is 0 Å². The number of ether oxygens (including phenoxy) is 2. The first kappa shape index (κ1) is 34.6. The third-order valence-corrected chi connectivity index (χ3v) is 8.52. The zero-order valence-electron chi connectivity index (χ0n) is 25.7. The smallest absolute Gasteiger partial charge is 0.343 e. The minimum atomic E-state index is -3.83. The number of carbonyl (C=O) groups excluding carboxylic acids is 1. The first-order valence-corrected chi connectivity index (χ1v) is 17.8. The second-order valence-electron chi connectivity index (χ2n) is 11.4. The summed E-state index contributed by atoms with van der Waals surface area (Å²) in [7, 11) is -3.83. The van der Waals surface area contributed by atoms with Gasteiger partial charge in [-0.1, -0.05) is 108 Å². The van der Waals surface area contributed by atoms with E-state index in [0.29, 0.717) is 24.3 Å². The molecule has 0 unspecified atom stereocenters. The number of benzene rings is 3. The lowest BCUT2D eigenvalue weighted by molar-refractivity contribution is 0.0734. The highest BCUT2D eigenvalue weighted by atomic mass is 31.2. The number of hydrogen-bond acceptors (Lipinski definition) is 4. The minimum Gasteiger partial charge on any atom is -0.494 e. The van der Waals surface area contributed by atoms with E-state index in [1.807, 2.05) is 24.3 Å². The Morgan fingerprint density at radius 2 is 1.14 bits per heavy atom. The number of unbranched alkanes of at least 4 members (excludes halogenated alkanes) is 11. The lowest BCUT2D eigenvalue weighted by Gasteiger charge is -2.09. The quantitative estimate of drug-likeness (QED) is 0.0541. The maximum absolute atomic E-state index is 12.6. The number of aryl methyl sites for hydroxylation is 1. The highest BCUT2D eigenvalue weighted by Gasteiger charge is 2.11. The predicted octanol–water partition coefficient (Wildman–Crippen LogP) is 9.76. The molecule has 0 aliphatic carbocycles. The van der Waals surface area contributed by atoms with Crippen molar-refractivity contribution < 1.29 is 28.6 Å². The topological polar surface area (TPSA) is 93.1 Å². The second kappa shape index (κ2) is 19.4. The summed E-state index contributed by atoms with van der Waals surface area (Å²) in [6.07, 6.45) is 15.4. The molecule has 0 aromatic heterocycles. The van der Waals surface area contributed by atoms with E-state index in [0.717, 1.165) is 68.2 Å². The van der Waals surface area contributed by atoms with Crippen LogP contribution in [0, 0.1) is 0 Å². The van der Waals surface area contributed by atoms with Crippen LogP contribution >= 0.6 is 7.60 Å². The third-order valence-electron chi connectivity index (χ3n) is 7.62. The normalized spacial score (nSPS) is 11.4. The van der Waals surface area contributed by atoms with Gasteiger partial charge in [0.25, 0.3) is 0 Å². The van der Waals surface area contributed by atoms with E-state index < -0.39 is 13.6 Å². The first-order valence-electron chi connectivity index (χ1n) is 16.0. The Hall–Kier alpha value is -2.92. The molecule has 0 heterocycles. The molecule has 6 nitrogen and oxygen atoms in total. The SMILES string of the molecule is CCCCCCc1ccc(-c2ccc(OC(=O)c3ccc(OCCCCCCCCCCCP(=O)(O)O)cc3)cc2)cc1. The fourth-order valence-corrected chi connectivity index (χ4v) is 5.67. The van der Waals surface area contributed by atoms with Crippen molar-refractivity contribution in [3.63, 3.8) is 0 Å². The molecule has 3 aromatic carbocycles. The summed E-state index contributed by atoms with van der Waals surface area (Å²) in [6.45, 7) is 2.87. The van der Waals surface area contributed by atoms with Crippen molar-refractivity contribution in [2.24, 2.45) is 0 Å². The molecule has 0 aliphatic heterocycles. The van der Waals surface area contributed by atoms with Crippen molar-refractivity contribution >= 4 is 13.6 Å². The van der Waals surface area contributed by atoms with E-state index >= 15 is 0 Å². The van der Waals surface area contributed by atoms with Crippen LogP contribution in [-0.2, 0) is 11.0 Å². The first-order chi connectivity index (χ1) is 20.8. The van der Waals surface area contributed by atoms with E-state index in [2.05, 4.69) is 31.2 Å². The molecule has 3 aromatic rings. The van der Waals surface area contributed by atoms with Crippen molar-refractivity contribution in [2.45, 2.75) is 96.8 Å². The van der Waals surface area contributed by atoms with Crippen LogP contribution in [0.4, 0.5) is 0 Å². The summed E-state index contributed by atoms with van der Waals surface area (Å²) in [4.78, 5) is 30.4. The zero-order chi connectivity index (χ0) is 30.8. The molecule has 0 saturated heterocycles. The van der Waals surface area contributed by atoms with Crippen molar-refractivity contribution in [2.75, 3.05) is 12.8 Å². The van der Waals surface area contributed by atoms with Gasteiger partial charge in [0, 0.05) is 6.16 Å². The Bertz CT molecular complexity index is 1230. The number of esters is 1. The second-order valence-corrected chi connectivity index (χ2v) is 13.1. The highest BCUT2D eigenvalue weighted by molar-refractivity contribution is 7.51. The number of rotatable bonds is 21. The summed E-state index contributed by atoms with van der Waals surface area (Å²) in [5.41, 5.74) is 4.09. The Morgan fingerprint density at radius 3 is 1.72 bits per heavy atom. The maximum Gasteiger partial charge on any atom is 0.343 e. The average molecular weight is 609 g/mol.